The molecule has 0 aliphatic heterocycles. The third kappa shape index (κ3) is 6.65. The van der Waals surface area contributed by atoms with Crippen LogP contribution in [0.25, 0.3) is 0 Å². The van der Waals surface area contributed by atoms with Gasteiger partial charge in [0.05, 0.1) is 0 Å². The van der Waals surface area contributed by atoms with Crippen LogP contribution < -0.4 is 10.1 Å². The molecule has 102 valence electrons. The second kappa shape index (κ2) is 7.42. The summed E-state index contributed by atoms with van der Waals surface area (Å²) < 4.78 is 5.79. The number of nitrogens with one attached hydrogen (secondary N) is 1. The standard InChI is InChI=1S/C16H27NO/c1-5-6-7-12-17-13-14-8-10-15(11-9-14)18-16(2,3)4/h8-11,17H,5-7,12-13H2,1-4H3. The summed E-state index contributed by atoms with van der Waals surface area (Å²) in [5, 5.41) is 3.46. The van der Waals surface area contributed by atoms with Gasteiger partial charge in [0, 0.05) is 6.54 Å². The Morgan fingerprint density at radius 1 is 1.06 bits per heavy atom. The number of benzene rings is 1. The molecule has 0 fully saturated rings. The molecule has 2 nitrogen and oxygen atoms in total. The smallest absolute Gasteiger partial charge is 0.120 e. The van der Waals surface area contributed by atoms with Gasteiger partial charge in [-0.05, 0) is 51.4 Å². The lowest BCUT2D eigenvalue weighted by atomic mass is 10.1. The largest absolute Gasteiger partial charge is 0.488 e. The van der Waals surface area contributed by atoms with Crippen LogP contribution in [-0.2, 0) is 6.54 Å². The summed E-state index contributed by atoms with van der Waals surface area (Å²) >= 11 is 0. The first-order chi connectivity index (χ1) is 8.51. The molecule has 1 rings (SSSR count). The van der Waals surface area contributed by atoms with Crippen molar-refractivity contribution in [1.82, 2.24) is 5.32 Å². The van der Waals surface area contributed by atoms with Crippen molar-refractivity contribution < 1.29 is 4.74 Å². The Labute approximate surface area is 112 Å². The van der Waals surface area contributed by atoms with Gasteiger partial charge in [0.25, 0.3) is 0 Å². The zero-order valence-electron chi connectivity index (χ0n) is 12.3. The van der Waals surface area contributed by atoms with Crippen molar-refractivity contribution >= 4 is 0 Å². The normalized spacial score (nSPS) is 11.6. The molecule has 1 aromatic rings. The van der Waals surface area contributed by atoms with Gasteiger partial charge in [-0.2, -0.15) is 0 Å². The van der Waals surface area contributed by atoms with E-state index in [1.165, 1.54) is 24.8 Å². The Kier molecular flexibility index (Phi) is 6.20. The zero-order valence-corrected chi connectivity index (χ0v) is 12.3. The summed E-state index contributed by atoms with van der Waals surface area (Å²) in [5.41, 5.74) is 1.19. The summed E-state index contributed by atoms with van der Waals surface area (Å²) in [6.45, 7) is 10.5. The van der Waals surface area contributed by atoms with Gasteiger partial charge in [-0.15, -0.1) is 0 Å². The maximum Gasteiger partial charge on any atom is 0.120 e. The molecular formula is C16H27NO. The highest BCUT2D eigenvalue weighted by Gasteiger charge is 2.11. The number of rotatable bonds is 7. The molecule has 0 aliphatic carbocycles. The molecule has 2 heteroatoms. The van der Waals surface area contributed by atoms with Crippen molar-refractivity contribution in [2.75, 3.05) is 6.54 Å². The molecule has 18 heavy (non-hydrogen) atoms. The Morgan fingerprint density at radius 3 is 2.28 bits per heavy atom. The average Bonchev–Trinajstić information content (AvgIpc) is 2.29. The van der Waals surface area contributed by atoms with Gasteiger partial charge in [0.1, 0.15) is 11.4 Å². The predicted molar refractivity (Wildman–Crippen MR) is 78.1 cm³/mol. The monoisotopic (exact) mass is 249 g/mol. The summed E-state index contributed by atoms with van der Waals surface area (Å²) in [6, 6.07) is 8.37. The molecule has 0 atom stereocenters. The lowest BCUT2D eigenvalue weighted by Crippen LogP contribution is -2.22. The van der Waals surface area contributed by atoms with Gasteiger partial charge in [0.15, 0.2) is 0 Å². The fourth-order valence-corrected chi connectivity index (χ4v) is 1.76. The maximum absolute atomic E-state index is 5.79. The molecule has 0 saturated carbocycles. The molecule has 0 amide bonds. The van der Waals surface area contributed by atoms with E-state index >= 15 is 0 Å². The highest BCUT2D eigenvalue weighted by atomic mass is 16.5. The van der Waals surface area contributed by atoms with Crippen LogP contribution in [0.5, 0.6) is 5.75 Å². The SMILES string of the molecule is CCCCCNCc1ccc(OC(C)(C)C)cc1. The molecule has 0 radical (unpaired) electrons. The van der Waals surface area contributed by atoms with E-state index in [4.69, 9.17) is 4.74 Å². The summed E-state index contributed by atoms with van der Waals surface area (Å²) in [6.07, 6.45) is 3.85. The Morgan fingerprint density at radius 2 is 1.72 bits per heavy atom. The molecule has 0 unspecified atom stereocenters. The first kappa shape index (κ1) is 15.0. The van der Waals surface area contributed by atoms with Gasteiger partial charge >= 0.3 is 0 Å². The van der Waals surface area contributed by atoms with Crippen LogP contribution in [0.15, 0.2) is 24.3 Å². The van der Waals surface area contributed by atoms with Crippen LogP contribution in [0.1, 0.15) is 52.5 Å². The van der Waals surface area contributed by atoms with Gasteiger partial charge < -0.3 is 10.1 Å². The number of unbranched alkanes of at least 4 members (excludes halogenated alkanes) is 2. The van der Waals surface area contributed by atoms with Crippen LogP contribution in [0.4, 0.5) is 0 Å². The zero-order chi connectivity index (χ0) is 13.4. The van der Waals surface area contributed by atoms with Crippen LogP contribution >= 0.6 is 0 Å². The molecule has 0 bridgehead atoms. The molecule has 0 spiro atoms. The second-order valence-electron chi connectivity index (χ2n) is 5.74. The fourth-order valence-electron chi connectivity index (χ4n) is 1.76. The number of hydrogen-bond donors (Lipinski definition) is 1. The highest BCUT2D eigenvalue weighted by Crippen LogP contribution is 2.18. The minimum absolute atomic E-state index is 0.125. The van der Waals surface area contributed by atoms with Crippen molar-refractivity contribution in [2.45, 2.75) is 59.1 Å². The third-order valence-electron chi connectivity index (χ3n) is 2.63. The van der Waals surface area contributed by atoms with E-state index in [9.17, 15) is 0 Å². The Bertz CT molecular complexity index is 324. The van der Waals surface area contributed by atoms with Gasteiger partial charge in [0.2, 0.25) is 0 Å². The van der Waals surface area contributed by atoms with E-state index in [1.54, 1.807) is 0 Å². The summed E-state index contributed by atoms with van der Waals surface area (Å²) in [4.78, 5) is 0. The van der Waals surface area contributed by atoms with Crippen molar-refractivity contribution in [3.63, 3.8) is 0 Å². The van der Waals surface area contributed by atoms with Crippen LogP contribution in [0.3, 0.4) is 0 Å². The first-order valence-electron chi connectivity index (χ1n) is 7.00. The molecule has 0 heterocycles. The van der Waals surface area contributed by atoms with E-state index in [2.05, 4.69) is 45.1 Å². The van der Waals surface area contributed by atoms with E-state index < -0.39 is 0 Å². The van der Waals surface area contributed by atoms with Crippen LogP contribution in [0, 0.1) is 0 Å². The third-order valence-corrected chi connectivity index (χ3v) is 2.63. The van der Waals surface area contributed by atoms with Crippen LogP contribution in [-0.4, -0.2) is 12.1 Å². The van der Waals surface area contributed by atoms with E-state index in [-0.39, 0.29) is 5.60 Å². The van der Waals surface area contributed by atoms with E-state index in [0.29, 0.717) is 0 Å². The van der Waals surface area contributed by atoms with Crippen molar-refractivity contribution in [2.24, 2.45) is 0 Å². The van der Waals surface area contributed by atoms with Crippen molar-refractivity contribution in [3.05, 3.63) is 29.8 Å². The summed E-state index contributed by atoms with van der Waals surface area (Å²) in [7, 11) is 0. The molecule has 1 N–H and O–H groups in total. The maximum atomic E-state index is 5.79. The molecule has 0 saturated heterocycles. The van der Waals surface area contributed by atoms with Crippen LogP contribution in [0.2, 0.25) is 0 Å². The number of hydrogen-bond acceptors (Lipinski definition) is 2. The fraction of sp³-hybridized carbons (Fsp3) is 0.625. The quantitative estimate of drug-likeness (QED) is 0.733. The summed E-state index contributed by atoms with van der Waals surface area (Å²) in [5.74, 6) is 0.942. The second-order valence-corrected chi connectivity index (χ2v) is 5.74. The number of ether oxygens (including phenoxy) is 1. The molecule has 0 aliphatic rings. The minimum Gasteiger partial charge on any atom is -0.488 e. The van der Waals surface area contributed by atoms with Crippen molar-refractivity contribution in [3.8, 4) is 5.75 Å². The molecule has 0 aromatic heterocycles. The molecular weight excluding hydrogens is 222 g/mol. The molecule has 1 aromatic carbocycles. The van der Waals surface area contributed by atoms with Gasteiger partial charge in [-0.1, -0.05) is 31.9 Å². The van der Waals surface area contributed by atoms with E-state index in [0.717, 1.165) is 18.8 Å². The topological polar surface area (TPSA) is 21.3 Å². The predicted octanol–water partition coefficient (Wildman–Crippen LogP) is 4.14. The lowest BCUT2D eigenvalue weighted by Gasteiger charge is -2.21. The minimum atomic E-state index is -0.125. The first-order valence-corrected chi connectivity index (χ1v) is 7.00. The average molecular weight is 249 g/mol. The lowest BCUT2D eigenvalue weighted by molar-refractivity contribution is 0.131. The Balaban J connectivity index is 2.32. The van der Waals surface area contributed by atoms with E-state index in [1.807, 2.05) is 12.1 Å². The van der Waals surface area contributed by atoms with Crippen molar-refractivity contribution in [1.29, 1.82) is 0 Å². The highest BCUT2D eigenvalue weighted by molar-refractivity contribution is 5.27. The van der Waals surface area contributed by atoms with Gasteiger partial charge in [-0.3, -0.25) is 0 Å². The van der Waals surface area contributed by atoms with Gasteiger partial charge in [-0.25, -0.2) is 0 Å². The Hall–Kier alpha value is -1.02.